The van der Waals surface area contributed by atoms with Gasteiger partial charge in [0.2, 0.25) is 0 Å². The van der Waals surface area contributed by atoms with E-state index in [1.54, 1.807) is 11.8 Å². The van der Waals surface area contributed by atoms with Crippen molar-refractivity contribution in [3.05, 3.63) is 52.0 Å². The second-order valence-electron chi connectivity index (χ2n) is 5.01. The highest BCUT2D eigenvalue weighted by atomic mass is 79.9. The number of benzene rings is 1. The van der Waals surface area contributed by atoms with Crippen molar-refractivity contribution >= 4 is 27.7 Å². The van der Waals surface area contributed by atoms with Crippen molar-refractivity contribution in [2.75, 3.05) is 0 Å². The van der Waals surface area contributed by atoms with Gasteiger partial charge in [-0.15, -0.1) is 11.8 Å². The van der Waals surface area contributed by atoms with Gasteiger partial charge in [-0.05, 0) is 47.5 Å². The summed E-state index contributed by atoms with van der Waals surface area (Å²) in [6.45, 7) is 4.11. The molecule has 0 amide bonds. The summed E-state index contributed by atoms with van der Waals surface area (Å²) in [5, 5.41) is 0. The summed E-state index contributed by atoms with van der Waals surface area (Å²) in [6, 6.07) is 10.4. The Hall–Kier alpha value is -0.910. The first-order valence-electron chi connectivity index (χ1n) is 7.04. The van der Waals surface area contributed by atoms with Crippen LogP contribution in [0.15, 0.2) is 39.7 Å². The molecule has 0 bridgehead atoms. The predicted molar refractivity (Wildman–Crippen MR) is 92.4 cm³/mol. The SMILES string of the molecule is CCC(N)Cc1cc(C)nc(CSc2ccccc2Br)n1. The molecule has 0 radical (unpaired) electrons. The predicted octanol–water partition coefficient (Wildman–Crippen LogP) is 4.12. The lowest BCUT2D eigenvalue weighted by molar-refractivity contribution is 0.633. The number of hydrogen-bond acceptors (Lipinski definition) is 4. The molecular weight excluding hydrogens is 346 g/mol. The molecule has 2 rings (SSSR count). The maximum absolute atomic E-state index is 6.02. The highest BCUT2D eigenvalue weighted by Gasteiger charge is 2.08. The molecule has 5 heteroatoms. The summed E-state index contributed by atoms with van der Waals surface area (Å²) in [4.78, 5) is 10.4. The zero-order valence-electron chi connectivity index (χ0n) is 12.3. The maximum atomic E-state index is 6.02. The smallest absolute Gasteiger partial charge is 0.139 e. The summed E-state index contributed by atoms with van der Waals surface area (Å²) in [7, 11) is 0. The van der Waals surface area contributed by atoms with E-state index in [9.17, 15) is 0 Å². The molecule has 1 aromatic heterocycles. The molecule has 112 valence electrons. The third kappa shape index (κ3) is 5.09. The van der Waals surface area contributed by atoms with Gasteiger partial charge in [0.15, 0.2) is 0 Å². The Balaban J connectivity index is 2.08. The van der Waals surface area contributed by atoms with Gasteiger partial charge in [0.05, 0.1) is 5.75 Å². The maximum Gasteiger partial charge on any atom is 0.139 e. The number of thioether (sulfide) groups is 1. The van der Waals surface area contributed by atoms with Gasteiger partial charge in [0.25, 0.3) is 0 Å². The monoisotopic (exact) mass is 365 g/mol. The molecular formula is C16H20BrN3S. The summed E-state index contributed by atoms with van der Waals surface area (Å²) in [5.74, 6) is 1.63. The molecule has 0 aliphatic heterocycles. The topological polar surface area (TPSA) is 51.8 Å². The van der Waals surface area contributed by atoms with Crippen molar-refractivity contribution in [3.63, 3.8) is 0 Å². The van der Waals surface area contributed by atoms with Gasteiger partial charge in [-0.25, -0.2) is 9.97 Å². The molecule has 0 aliphatic rings. The largest absolute Gasteiger partial charge is 0.327 e. The third-order valence-corrected chi connectivity index (χ3v) is 5.17. The first-order valence-corrected chi connectivity index (χ1v) is 8.82. The molecule has 0 saturated carbocycles. The summed E-state index contributed by atoms with van der Waals surface area (Å²) < 4.78 is 1.11. The van der Waals surface area contributed by atoms with Crippen LogP contribution in [-0.2, 0) is 12.2 Å². The number of hydrogen-bond donors (Lipinski definition) is 1. The fourth-order valence-corrected chi connectivity index (χ4v) is 3.41. The van der Waals surface area contributed by atoms with Gasteiger partial charge in [0, 0.05) is 33.2 Å². The van der Waals surface area contributed by atoms with Crippen LogP contribution in [0.1, 0.15) is 30.6 Å². The van der Waals surface area contributed by atoms with Crippen LogP contribution >= 0.6 is 27.7 Å². The van der Waals surface area contributed by atoms with Crippen molar-refractivity contribution in [2.45, 2.75) is 43.4 Å². The van der Waals surface area contributed by atoms with Crippen molar-refractivity contribution < 1.29 is 0 Å². The van der Waals surface area contributed by atoms with Crippen molar-refractivity contribution in [3.8, 4) is 0 Å². The van der Waals surface area contributed by atoms with Gasteiger partial charge < -0.3 is 5.73 Å². The number of nitrogens with zero attached hydrogens (tertiary/aromatic N) is 2. The van der Waals surface area contributed by atoms with Crippen LogP contribution in [0.3, 0.4) is 0 Å². The lowest BCUT2D eigenvalue weighted by Crippen LogP contribution is -2.22. The van der Waals surface area contributed by atoms with Crippen LogP contribution in [-0.4, -0.2) is 16.0 Å². The summed E-state index contributed by atoms with van der Waals surface area (Å²) >= 11 is 5.30. The van der Waals surface area contributed by atoms with Gasteiger partial charge in [-0.1, -0.05) is 19.1 Å². The molecule has 0 saturated heterocycles. The first-order chi connectivity index (χ1) is 10.1. The van der Waals surface area contributed by atoms with Crippen molar-refractivity contribution in [1.29, 1.82) is 0 Å². The third-order valence-electron chi connectivity index (χ3n) is 3.14. The second-order valence-corrected chi connectivity index (χ2v) is 6.88. The molecule has 1 atom stereocenters. The highest BCUT2D eigenvalue weighted by molar-refractivity contribution is 9.10. The van der Waals surface area contributed by atoms with Crippen molar-refractivity contribution in [2.24, 2.45) is 5.73 Å². The van der Waals surface area contributed by atoms with E-state index in [2.05, 4.69) is 38.9 Å². The Morgan fingerprint density at radius 2 is 2.05 bits per heavy atom. The standard InChI is InChI=1S/C16H20BrN3S/c1-3-12(18)9-13-8-11(2)19-16(20-13)10-21-15-7-5-4-6-14(15)17/h4-8,12H,3,9-10,18H2,1-2H3. The minimum atomic E-state index is 0.170. The number of rotatable bonds is 6. The Morgan fingerprint density at radius 1 is 1.29 bits per heavy atom. The van der Waals surface area contributed by atoms with Gasteiger partial charge >= 0.3 is 0 Å². The average Bonchev–Trinajstić information content (AvgIpc) is 2.45. The van der Waals surface area contributed by atoms with E-state index >= 15 is 0 Å². The molecule has 2 N–H and O–H groups in total. The van der Waals surface area contributed by atoms with E-state index in [-0.39, 0.29) is 6.04 Å². The minimum Gasteiger partial charge on any atom is -0.327 e. The Labute approximate surface area is 138 Å². The zero-order valence-corrected chi connectivity index (χ0v) is 14.7. The van der Waals surface area contributed by atoms with Crippen LogP contribution < -0.4 is 5.73 Å². The number of aromatic nitrogens is 2. The zero-order chi connectivity index (χ0) is 15.2. The van der Waals surface area contributed by atoms with Crippen LogP contribution in [0.25, 0.3) is 0 Å². The molecule has 1 heterocycles. The van der Waals surface area contributed by atoms with Crippen LogP contribution in [0, 0.1) is 6.92 Å². The molecule has 2 aromatic rings. The normalized spacial score (nSPS) is 12.4. The lowest BCUT2D eigenvalue weighted by Gasteiger charge is -2.10. The Kier molecular flexibility index (Phi) is 6.21. The van der Waals surface area contributed by atoms with Crippen molar-refractivity contribution in [1.82, 2.24) is 9.97 Å². The molecule has 1 unspecified atom stereocenters. The van der Waals surface area contributed by atoms with Crippen LogP contribution in [0.5, 0.6) is 0 Å². The number of halogens is 1. The average molecular weight is 366 g/mol. The molecule has 1 aromatic carbocycles. The van der Waals surface area contributed by atoms with Crippen LogP contribution in [0.4, 0.5) is 0 Å². The van der Waals surface area contributed by atoms with E-state index in [0.29, 0.717) is 0 Å². The quantitative estimate of drug-likeness (QED) is 0.782. The molecule has 0 fully saturated rings. The molecule has 0 aliphatic carbocycles. The van der Waals surface area contributed by atoms with Crippen LogP contribution in [0.2, 0.25) is 0 Å². The lowest BCUT2D eigenvalue weighted by atomic mass is 10.1. The van der Waals surface area contributed by atoms with E-state index in [1.807, 2.05) is 31.2 Å². The molecule has 0 spiro atoms. The minimum absolute atomic E-state index is 0.170. The second kappa shape index (κ2) is 7.92. The van der Waals surface area contributed by atoms with E-state index < -0.39 is 0 Å². The number of aryl methyl sites for hydroxylation is 1. The Bertz CT molecular complexity index is 604. The molecule has 3 nitrogen and oxygen atoms in total. The molecule has 21 heavy (non-hydrogen) atoms. The summed E-state index contributed by atoms with van der Waals surface area (Å²) in [6.07, 6.45) is 1.77. The van der Waals surface area contributed by atoms with E-state index in [1.165, 1.54) is 4.90 Å². The number of nitrogens with two attached hydrogens (primary N) is 1. The fourth-order valence-electron chi connectivity index (χ4n) is 1.99. The van der Waals surface area contributed by atoms with E-state index in [0.717, 1.165) is 40.3 Å². The summed E-state index contributed by atoms with van der Waals surface area (Å²) in [5.41, 5.74) is 8.07. The fraction of sp³-hybridized carbons (Fsp3) is 0.375. The van der Waals surface area contributed by atoms with Gasteiger partial charge in [0.1, 0.15) is 5.82 Å². The highest BCUT2D eigenvalue weighted by Crippen LogP contribution is 2.29. The Morgan fingerprint density at radius 3 is 2.76 bits per heavy atom. The van der Waals surface area contributed by atoms with E-state index in [4.69, 9.17) is 5.73 Å². The van der Waals surface area contributed by atoms with Gasteiger partial charge in [-0.2, -0.15) is 0 Å². The van der Waals surface area contributed by atoms with Gasteiger partial charge in [-0.3, -0.25) is 0 Å². The first kappa shape index (κ1) is 16.5.